The van der Waals surface area contributed by atoms with E-state index in [1.54, 1.807) is 18.3 Å². The molecule has 0 radical (unpaired) electrons. The van der Waals surface area contributed by atoms with Crippen molar-refractivity contribution in [1.29, 1.82) is 0 Å². The molecule has 18 heavy (non-hydrogen) atoms. The van der Waals surface area contributed by atoms with E-state index in [0.29, 0.717) is 17.9 Å². The Labute approximate surface area is 106 Å². The molecule has 0 saturated heterocycles. The zero-order valence-electron chi connectivity index (χ0n) is 10.4. The van der Waals surface area contributed by atoms with E-state index < -0.39 is 0 Å². The second-order valence-electron chi connectivity index (χ2n) is 5.01. The molecule has 2 rings (SSSR count). The molecule has 0 spiro atoms. The van der Waals surface area contributed by atoms with Crippen LogP contribution in [-0.2, 0) is 11.2 Å². The van der Waals surface area contributed by atoms with Gasteiger partial charge >= 0.3 is 0 Å². The number of hydrogen-bond donors (Lipinski definition) is 3. The fourth-order valence-electron chi connectivity index (χ4n) is 1.98. The molecular formula is C13H19N3O2. The molecule has 0 unspecified atom stereocenters. The fraction of sp³-hybridized carbons (Fsp3) is 0.538. The van der Waals surface area contributed by atoms with Crippen LogP contribution >= 0.6 is 0 Å². The highest BCUT2D eigenvalue weighted by Gasteiger charge is 2.41. The average Bonchev–Trinajstić information content (AvgIpc) is 3.11. The minimum Gasteiger partial charge on any atom is -0.397 e. The van der Waals surface area contributed by atoms with Crippen LogP contribution in [0.5, 0.6) is 0 Å². The van der Waals surface area contributed by atoms with Crippen molar-refractivity contribution in [3.05, 3.63) is 24.0 Å². The summed E-state index contributed by atoms with van der Waals surface area (Å²) in [5.41, 5.74) is 6.99. The van der Waals surface area contributed by atoms with Crippen molar-refractivity contribution in [2.75, 3.05) is 18.9 Å². The smallest absolute Gasteiger partial charge is 0.226 e. The summed E-state index contributed by atoms with van der Waals surface area (Å²) in [6.07, 6.45) is 4.78. The summed E-state index contributed by atoms with van der Waals surface area (Å²) in [6.45, 7) is 0.844. The lowest BCUT2D eigenvalue weighted by Crippen LogP contribution is -2.32. The van der Waals surface area contributed by atoms with Crippen molar-refractivity contribution >= 4 is 11.6 Å². The van der Waals surface area contributed by atoms with Crippen molar-refractivity contribution in [3.8, 4) is 0 Å². The van der Waals surface area contributed by atoms with Crippen molar-refractivity contribution < 1.29 is 9.90 Å². The van der Waals surface area contributed by atoms with Crippen molar-refractivity contribution in [2.45, 2.75) is 25.7 Å². The van der Waals surface area contributed by atoms with E-state index in [1.165, 1.54) is 0 Å². The van der Waals surface area contributed by atoms with Crippen molar-refractivity contribution in [2.24, 2.45) is 5.41 Å². The number of nitrogens with zero attached hydrogens (tertiary/aromatic N) is 1. The molecule has 5 nitrogen and oxygen atoms in total. The summed E-state index contributed by atoms with van der Waals surface area (Å²) in [5.74, 6) is -0.0310. The first-order valence-corrected chi connectivity index (χ1v) is 6.22. The molecule has 1 amide bonds. The molecule has 1 aliphatic carbocycles. The highest BCUT2D eigenvalue weighted by atomic mass is 16.3. The number of aliphatic hydroxyl groups excluding tert-OH is 1. The van der Waals surface area contributed by atoms with E-state index in [-0.39, 0.29) is 24.3 Å². The highest BCUT2D eigenvalue weighted by Crippen LogP contribution is 2.47. The molecule has 1 fully saturated rings. The number of pyridine rings is 1. The first-order valence-electron chi connectivity index (χ1n) is 6.22. The predicted molar refractivity (Wildman–Crippen MR) is 68.7 cm³/mol. The summed E-state index contributed by atoms with van der Waals surface area (Å²) in [6, 6.07) is 3.50. The van der Waals surface area contributed by atoms with Crippen LogP contribution in [0.25, 0.3) is 0 Å². The fourth-order valence-corrected chi connectivity index (χ4v) is 1.98. The van der Waals surface area contributed by atoms with Crippen LogP contribution in [0.15, 0.2) is 18.3 Å². The van der Waals surface area contributed by atoms with E-state index in [4.69, 9.17) is 10.8 Å². The van der Waals surface area contributed by atoms with E-state index >= 15 is 0 Å². The largest absolute Gasteiger partial charge is 0.397 e. The summed E-state index contributed by atoms with van der Waals surface area (Å²) >= 11 is 0. The minimum atomic E-state index is -0.0310. The third kappa shape index (κ3) is 3.43. The van der Waals surface area contributed by atoms with Crippen LogP contribution < -0.4 is 11.1 Å². The number of amides is 1. The van der Waals surface area contributed by atoms with Crippen molar-refractivity contribution in [1.82, 2.24) is 10.3 Å². The van der Waals surface area contributed by atoms with E-state index in [1.807, 2.05) is 0 Å². The van der Waals surface area contributed by atoms with Crippen LogP contribution in [0.4, 0.5) is 5.69 Å². The Morgan fingerprint density at radius 3 is 2.83 bits per heavy atom. The maximum Gasteiger partial charge on any atom is 0.226 e. The first kappa shape index (κ1) is 12.8. The molecule has 0 bridgehead atoms. The lowest BCUT2D eigenvalue weighted by Gasteiger charge is -2.14. The van der Waals surface area contributed by atoms with Gasteiger partial charge in [0.2, 0.25) is 5.91 Å². The number of rotatable bonds is 6. The zero-order chi connectivity index (χ0) is 13.0. The number of anilines is 1. The summed E-state index contributed by atoms with van der Waals surface area (Å²) in [4.78, 5) is 15.8. The van der Waals surface area contributed by atoms with Gasteiger partial charge in [-0.1, -0.05) is 0 Å². The molecule has 0 atom stereocenters. The Bertz CT molecular complexity index is 413. The highest BCUT2D eigenvalue weighted by molar-refractivity contribution is 5.78. The van der Waals surface area contributed by atoms with Gasteiger partial charge in [0.1, 0.15) is 0 Å². The van der Waals surface area contributed by atoms with Gasteiger partial charge in [0.25, 0.3) is 0 Å². The van der Waals surface area contributed by atoms with Gasteiger partial charge in [0.15, 0.2) is 0 Å². The van der Waals surface area contributed by atoms with Crippen LogP contribution in [0.2, 0.25) is 0 Å². The lowest BCUT2D eigenvalue weighted by atomic mass is 10.0. The molecule has 98 valence electrons. The third-order valence-electron chi connectivity index (χ3n) is 3.45. The van der Waals surface area contributed by atoms with Gasteiger partial charge in [-0.2, -0.15) is 0 Å². The molecule has 1 aromatic heterocycles. The van der Waals surface area contributed by atoms with Crippen LogP contribution in [0.3, 0.4) is 0 Å². The van der Waals surface area contributed by atoms with E-state index in [0.717, 1.165) is 19.3 Å². The van der Waals surface area contributed by atoms with Crippen LogP contribution in [-0.4, -0.2) is 29.1 Å². The summed E-state index contributed by atoms with van der Waals surface area (Å²) in [5, 5.41) is 11.8. The van der Waals surface area contributed by atoms with Crippen LogP contribution in [0.1, 0.15) is 25.0 Å². The van der Waals surface area contributed by atoms with Gasteiger partial charge in [-0.3, -0.25) is 9.78 Å². The van der Waals surface area contributed by atoms with Gasteiger partial charge < -0.3 is 16.2 Å². The Balaban J connectivity index is 1.77. The number of aliphatic hydroxyl groups is 1. The number of aromatic nitrogens is 1. The lowest BCUT2D eigenvalue weighted by molar-refractivity contribution is -0.120. The molecule has 5 heteroatoms. The van der Waals surface area contributed by atoms with Gasteiger partial charge in [-0.15, -0.1) is 0 Å². The first-order chi connectivity index (χ1) is 8.63. The molecule has 1 saturated carbocycles. The standard InChI is InChI=1S/C13H19N3O2/c14-10-1-2-11(15-8-10)7-12(18)16-9-13(3-4-13)5-6-17/h1-2,8,17H,3-7,9,14H2,(H,16,18). The maximum atomic E-state index is 11.7. The average molecular weight is 249 g/mol. The number of carbonyl (C=O) groups excluding carboxylic acids is 1. The van der Waals surface area contributed by atoms with Gasteiger partial charge in [0.05, 0.1) is 18.3 Å². The number of nitrogens with two attached hydrogens (primary N) is 1. The minimum absolute atomic E-state index is 0.0310. The second-order valence-corrected chi connectivity index (χ2v) is 5.01. The zero-order valence-corrected chi connectivity index (χ0v) is 10.4. The van der Waals surface area contributed by atoms with Gasteiger partial charge in [-0.25, -0.2) is 0 Å². The molecule has 1 aromatic rings. The molecule has 0 aliphatic heterocycles. The van der Waals surface area contributed by atoms with E-state index in [2.05, 4.69) is 10.3 Å². The topological polar surface area (TPSA) is 88.2 Å². The summed E-state index contributed by atoms with van der Waals surface area (Å²) < 4.78 is 0. The SMILES string of the molecule is Nc1ccc(CC(=O)NCC2(CCO)CC2)nc1. The predicted octanol–water partition coefficient (Wildman–Crippen LogP) is 0.485. The number of carbonyl (C=O) groups is 1. The van der Waals surface area contributed by atoms with E-state index in [9.17, 15) is 4.79 Å². The molecule has 0 aromatic carbocycles. The Morgan fingerprint density at radius 2 is 2.28 bits per heavy atom. The number of nitrogens with one attached hydrogen (secondary N) is 1. The molecular weight excluding hydrogens is 230 g/mol. The monoisotopic (exact) mass is 249 g/mol. The number of hydrogen-bond acceptors (Lipinski definition) is 4. The molecule has 1 heterocycles. The Hall–Kier alpha value is -1.62. The summed E-state index contributed by atoms with van der Waals surface area (Å²) in [7, 11) is 0. The third-order valence-corrected chi connectivity index (χ3v) is 3.45. The quantitative estimate of drug-likeness (QED) is 0.684. The molecule has 4 N–H and O–H groups in total. The Kier molecular flexibility index (Phi) is 3.81. The van der Waals surface area contributed by atoms with Crippen molar-refractivity contribution in [3.63, 3.8) is 0 Å². The second kappa shape index (κ2) is 5.35. The normalized spacial score (nSPS) is 16.3. The van der Waals surface area contributed by atoms with Crippen LogP contribution in [0, 0.1) is 5.41 Å². The van der Waals surface area contributed by atoms with Gasteiger partial charge in [-0.05, 0) is 36.8 Å². The molecule has 1 aliphatic rings. The Morgan fingerprint density at radius 1 is 1.50 bits per heavy atom. The van der Waals surface area contributed by atoms with Gasteiger partial charge in [0, 0.05) is 18.8 Å². The number of nitrogen functional groups attached to an aromatic ring is 1. The maximum absolute atomic E-state index is 11.7.